The van der Waals surface area contributed by atoms with Gasteiger partial charge in [0.25, 0.3) is 0 Å². The van der Waals surface area contributed by atoms with E-state index in [1.807, 2.05) is 18.2 Å². The summed E-state index contributed by atoms with van der Waals surface area (Å²) in [5.41, 5.74) is 4.78. The second-order valence-electron chi connectivity index (χ2n) is 5.41. The zero-order chi connectivity index (χ0) is 14.2. The molecule has 0 fully saturated rings. The molecule has 106 valence electrons. The van der Waals surface area contributed by atoms with Crippen LogP contribution in [0.1, 0.15) is 23.0 Å². The van der Waals surface area contributed by atoms with Crippen molar-refractivity contribution in [3.8, 4) is 5.75 Å². The molecule has 0 amide bonds. The standard InChI is InChI=1S/C17H17N3O/c1-21-13-6-7-14-15(9-13)20-17(19-14)16-8-11-4-2-3-5-12(11)10-18-16/h2-7,9,16,18H,8,10H2,1H3,(H,19,20). The summed E-state index contributed by atoms with van der Waals surface area (Å²) in [7, 11) is 1.68. The fraction of sp³-hybridized carbons (Fsp3) is 0.235. The zero-order valence-corrected chi connectivity index (χ0v) is 11.9. The number of aromatic amines is 1. The van der Waals surface area contributed by atoms with Gasteiger partial charge in [-0.25, -0.2) is 4.98 Å². The Morgan fingerprint density at radius 2 is 2.00 bits per heavy atom. The minimum atomic E-state index is 0.235. The van der Waals surface area contributed by atoms with Crippen LogP contribution in [0.2, 0.25) is 0 Å². The van der Waals surface area contributed by atoms with Crippen molar-refractivity contribution in [1.82, 2.24) is 15.3 Å². The van der Waals surface area contributed by atoms with Gasteiger partial charge in [0.15, 0.2) is 0 Å². The molecule has 1 atom stereocenters. The molecule has 4 rings (SSSR count). The molecule has 21 heavy (non-hydrogen) atoms. The third kappa shape index (κ3) is 2.17. The molecule has 1 aliphatic rings. The van der Waals surface area contributed by atoms with E-state index in [0.29, 0.717) is 0 Å². The molecule has 1 unspecified atom stereocenters. The number of imidazole rings is 1. The molecule has 4 nitrogen and oxygen atoms in total. The van der Waals surface area contributed by atoms with E-state index >= 15 is 0 Å². The van der Waals surface area contributed by atoms with Crippen molar-refractivity contribution in [2.75, 3.05) is 7.11 Å². The Labute approximate surface area is 123 Å². The quantitative estimate of drug-likeness (QED) is 0.758. The van der Waals surface area contributed by atoms with Gasteiger partial charge in [0, 0.05) is 12.6 Å². The average Bonchev–Trinajstić information content (AvgIpc) is 2.97. The topological polar surface area (TPSA) is 49.9 Å². The van der Waals surface area contributed by atoms with Gasteiger partial charge in [-0.3, -0.25) is 0 Å². The van der Waals surface area contributed by atoms with Gasteiger partial charge >= 0.3 is 0 Å². The largest absolute Gasteiger partial charge is 0.497 e. The summed E-state index contributed by atoms with van der Waals surface area (Å²) in [5.74, 6) is 1.84. The summed E-state index contributed by atoms with van der Waals surface area (Å²) in [6, 6.07) is 14.7. The van der Waals surface area contributed by atoms with E-state index in [1.54, 1.807) is 7.11 Å². The van der Waals surface area contributed by atoms with E-state index in [9.17, 15) is 0 Å². The van der Waals surface area contributed by atoms with Crippen LogP contribution < -0.4 is 10.1 Å². The lowest BCUT2D eigenvalue weighted by Gasteiger charge is -2.24. The molecule has 3 aromatic rings. The van der Waals surface area contributed by atoms with Gasteiger partial charge in [-0.2, -0.15) is 0 Å². The molecule has 1 aliphatic heterocycles. The third-order valence-electron chi connectivity index (χ3n) is 4.12. The molecular weight excluding hydrogens is 262 g/mol. The van der Waals surface area contributed by atoms with E-state index in [4.69, 9.17) is 9.72 Å². The van der Waals surface area contributed by atoms with Gasteiger partial charge in [-0.1, -0.05) is 24.3 Å². The Hall–Kier alpha value is -2.33. The summed E-state index contributed by atoms with van der Waals surface area (Å²) < 4.78 is 5.26. The van der Waals surface area contributed by atoms with Crippen molar-refractivity contribution in [2.24, 2.45) is 0 Å². The summed E-state index contributed by atoms with van der Waals surface area (Å²) in [6.07, 6.45) is 0.965. The summed E-state index contributed by atoms with van der Waals surface area (Å²) in [5, 5.41) is 3.56. The Morgan fingerprint density at radius 3 is 2.86 bits per heavy atom. The summed E-state index contributed by atoms with van der Waals surface area (Å²) in [4.78, 5) is 8.13. The zero-order valence-electron chi connectivity index (χ0n) is 11.9. The molecule has 4 heteroatoms. The minimum Gasteiger partial charge on any atom is -0.497 e. The normalized spacial score (nSPS) is 17.7. The number of nitrogens with zero attached hydrogens (tertiary/aromatic N) is 1. The molecule has 0 aliphatic carbocycles. The first-order chi connectivity index (χ1) is 10.3. The van der Waals surface area contributed by atoms with Crippen LogP contribution in [-0.2, 0) is 13.0 Å². The highest BCUT2D eigenvalue weighted by Gasteiger charge is 2.21. The van der Waals surface area contributed by atoms with E-state index < -0.39 is 0 Å². The number of ether oxygens (including phenoxy) is 1. The molecule has 0 radical (unpaired) electrons. The van der Waals surface area contributed by atoms with Gasteiger partial charge in [-0.15, -0.1) is 0 Å². The van der Waals surface area contributed by atoms with Crippen LogP contribution in [0, 0.1) is 0 Å². The first-order valence-electron chi connectivity index (χ1n) is 7.17. The Morgan fingerprint density at radius 1 is 1.14 bits per heavy atom. The van der Waals surface area contributed by atoms with Gasteiger partial charge in [0.1, 0.15) is 11.6 Å². The van der Waals surface area contributed by atoms with Crippen molar-refractivity contribution >= 4 is 11.0 Å². The first kappa shape index (κ1) is 12.4. The maximum atomic E-state index is 5.26. The number of H-pyrrole nitrogens is 1. The highest BCUT2D eigenvalue weighted by molar-refractivity contribution is 5.76. The van der Waals surface area contributed by atoms with E-state index in [0.717, 1.165) is 35.6 Å². The SMILES string of the molecule is COc1ccc2nc(C3Cc4ccccc4CN3)[nH]c2c1. The van der Waals surface area contributed by atoms with E-state index in [2.05, 4.69) is 34.6 Å². The van der Waals surface area contributed by atoms with Gasteiger partial charge in [0.2, 0.25) is 0 Å². The number of hydrogen-bond acceptors (Lipinski definition) is 3. The van der Waals surface area contributed by atoms with Crippen molar-refractivity contribution in [3.63, 3.8) is 0 Å². The van der Waals surface area contributed by atoms with Crippen LogP contribution in [0.5, 0.6) is 5.75 Å². The lowest BCUT2D eigenvalue weighted by atomic mass is 9.96. The van der Waals surface area contributed by atoms with Crippen molar-refractivity contribution in [1.29, 1.82) is 0 Å². The van der Waals surface area contributed by atoms with Crippen LogP contribution in [0.25, 0.3) is 11.0 Å². The number of rotatable bonds is 2. The van der Waals surface area contributed by atoms with Crippen molar-refractivity contribution in [3.05, 3.63) is 59.4 Å². The lowest BCUT2D eigenvalue weighted by molar-refractivity contribution is 0.415. The molecule has 1 aromatic heterocycles. The first-order valence-corrected chi connectivity index (χ1v) is 7.17. The van der Waals surface area contributed by atoms with Gasteiger partial charge < -0.3 is 15.0 Å². The van der Waals surface area contributed by atoms with Crippen LogP contribution in [-0.4, -0.2) is 17.1 Å². The van der Waals surface area contributed by atoms with E-state index in [-0.39, 0.29) is 6.04 Å². The molecule has 0 saturated heterocycles. The van der Waals surface area contributed by atoms with Gasteiger partial charge in [-0.05, 0) is 29.7 Å². The Balaban J connectivity index is 1.68. The van der Waals surface area contributed by atoms with Gasteiger partial charge in [0.05, 0.1) is 24.2 Å². The Kier molecular flexibility index (Phi) is 2.89. The smallest absolute Gasteiger partial charge is 0.124 e. The second kappa shape index (κ2) is 4.90. The summed E-state index contributed by atoms with van der Waals surface area (Å²) in [6.45, 7) is 0.890. The van der Waals surface area contributed by atoms with Crippen LogP contribution >= 0.6 is 0 Å². The molecule has 2 heterocycles. The number of aromatic nitrogens is 2. The molecular formula is C17H17N3O. The number of methoxy groups -OCH3 is 1. The number of nitrogens with one attached hydrogen (secondary N) is 2. The number of fused-ring (bicyclic) bond motifs is 2. The van der Waals surface area contributed by atoms with Crippen molar-refractivity contribution < 1.29 is 4.74 Å². The molecule has 0 saturated carbocycles. The highest BCUT2D eigenvalue weighted by Crippen LogP contribution is 2.26. The Bertz CT molecular complexity index is 794. The predicted octanol–water partition coefficient (Wildman–Crippen LogP) is 2.96. The molecule has 0 spiro atoms. The summed E-state index contributed by atoms with van der Waals surface area (Å²) >= 11 is 0. The fourth-order valence-electron chi connectivity index (χ4n) is 2.95. The average molecular weight is 279 g/mol. The maximum absolute atomic E-state index is 5.26. The maximum Gasteiger partial charge on any atom is 0.124 e. The second-order valence-corrected chi connectivity index (χ2v) is 5.41. The van der Waals surface area contributed by atoms with Crippen LogP contribution in [0.4, 0.5) is 0 Å². The fourth-order valence-corrected chi connectivity index (χ4v) is 2.95. The minimum absolute atomic E-state index is 0.235. The molecule has 2 aromatic carbocycles. The van der Waals surface area contributed by atoms with Crippen LogP contribution in [0.3, 0.4) is 0 Å². The lowest BCUT2D eigenvalue weighted by Crippen LogP contribution is -2.29. The monoisotopic (exact) mass is 279 g/mol. The predicted molar refractivity (Wildman–Crippen MR) is 82.4 cm³/mol. The molecule has 0 bridgehead atoms. The number of hydrogen-bond donors (Lipinski definition) is 2. The van der Waals surface area contributed by atoms with Crippen molar-refractivity contribution in [2.45, 2.75) is 19.0 Å². The van der Waals surface area contributed by atoms with Crippen LogP contribution in [0.15, 0.2) is 42.5 Å². The van der Waals surface area contributed by atoms with E-state index in [1.165, 1.54) is 11.1 Å². The third-order valence-corrected chi connectivity index (χ3v) is 4.12. The number of benzene rings is 2. The molecule has 2 N–H and O–H groups in total. The highest BCUT2D eigenvalue weighted by atomic mass is 16.5.